The summed E-state index contributed by atoms with van der Waals surface area (Å²) in [6.07, 6.45) is 3.79. The third-order valence-electron chi connectivity index (χ3n) is 4.73. The van der Waals surface area contributed by atoms with Gasteiger partial charge < -0.3 is 9.88 Å². The van der Waals surface area contributed by atoms with Crippen LogP contribution in [0.1, 0.15) is 36.0 Å². The van der Waals surface area contributed by atoms with Crippen LogP contribution in [-0.2, 0) is 11.3 Å². The summed E-state index contributed by atoms with van der Waals surface area (Å²) in [4.78, 5) is 22.5. The first kappa shape index (κ1) is 14.9. The maximum absolute atomic E-state index is 12.8. The molecule has 3 aromatic heterocycles. The van der Waals surface area contributed by atoms with Crippen molar-refractivity contribution in [3.63, 3.8) is 0 Å². The number of carbonyl (C=O) groups excluding carboxylic acids is 1. The molecule has 3 aromatic rings. The molecule has 0 unspecified atom stereocenters. The summed E-state index contributed by atoms with van der Waals surface area (Å²) >= 11 is 0. The Labute approximate surface area is 140 Å². The lowest BCUT2D eigenvalue weighted by molar-refractivity contribution is -0.133. The van der Waals surface area contributed by atoms with Crippen molar-refractivity contribution >= 4 is 16.9 Å². The first-order valence-electron chi connectivity index (χ1n) is 8.36. The minimum atomic E-state index is 0.101. The van der Waals surface area contributed by atoms with Gasteiger partial charge in [0.15, 0.2) is 0 Å². The third-order valence-corrected chi connectivity index (χ3v) is 4.73. The lowest BCUT2D eigenvalue weighted by Crippen LogP contribution is -2.34. The van der Waals surface area contributed by atoms with E-state index in [4.69, 9.17) is 0 Å². The number of amides is 1. The summed E-state index contributed by atoms with van der Waals surface area (Å²) in [5.41, 5.74) is 3.92. The largest absolute Gasteiger partial charge is 0.341 e. The first-order valence-corrected chi connectivity index (χ1v) is 8.36. The molecule has 1 atom stereocenters. The highest BCUT2D eigenvalue weighted by molar-refractivity contribution is 5.79. The summed E-state index contributed by atoms with van der Waals surface area (Å²) < 4.78 is 1.79. The topological polar surface area (TPSA) is 66.8 Å². The van der Waals surface area contributed by atoms with Gasteiger partial charge in [0.05, 0.1) is 11.7 Å². The number of carbonyl (C=O) groups is 1. The van der Waals surface area contributed by atoms with Crippen LogP contribution in [0, 0.1) is 13.8 Å². The van der Waals surface area contributed by atoms with Crippen molar-refractivity contribution in [2.45, 2.75) is 39.3 Å². The maximum atomic E-state index is 12.8. The van der Waals surface area contributed by atoms with Crippen molar-refractivity contribution in [1.29, 1.82) is 0 Å². The minimum Gasteiger partial charge on any atom is -0.341 e. The zero-order chi connectivity index (χ0) is 16.7. The second kappa shape index (κ2) is 5.78. The molecule has 0 aliphatic carbocycles. The average molecular weight is 323 g/mol. The Morgan fingerprint density at radius 2 is 2.25 bits per heavy atom. The molecule has 1 saturated heterocycles. The number of aromatic nitrogens is 4. The predicted octanol–water partition coefficient (Wildman–Crippen LogP) is 2.74. The van der Waals surface area contributed by atoms with Gasteiger partial charge in [-0.25, -0.2) is 4.98 Å². The number of H-pyrrole nitrogens is 1. The number of pyridine rings is 1. The number of rotatable bonds is 3. The van der Waals surface area contributed by atoms with Gasteiger partial charge in [-0.05, 0) is 51.0 Å². The zero-order valence-electron chi connectivity index (χ0n) is 14.0. The molecule has 4 rings (SSSR count). The zero-order valence-corrected chi connectivity index (χ0v) is 14.0. The molecule has 1 amide bonds. The van der Waals surface area contributed by atoms with Gasteiger partial charge in [-0.15, -0.1) is 0 Å². The van der Waals surface area contributed by atoms with Crippen LogP contribution in [0.5, 0.6) is 0 Å². The molecule has 124 valence electrons. The number of aryl methyl sites for hydroxylation is 2. The van der Waals surface area contributed by atoms with E-state index in [-0.39, 0.29) is 11.9 Å². The van der Waals surface area contributed by atoms with Crippen LogP contribution in [0.4, 0.5) is 0 Å². The van der Waals surface area contributed by atoms with Gasteiger partial charge >= 0.3 is 0 Å². The van der Waals surface area contributed by atoms with Crippen LogP contribution in [0.15, 0.2) is 30.5 Å². The molecule has 0 aromatic carbocycles. The highest BCUT2D eigenvalue weighted by Crippen LogP contribution is 2.33. The van der Waals surface area contributed by atoms with Crippen LogP contribution in [0.3, 0.4) is 0 Å². The van der Waals surface area contributed by atoms with Crippen LogP contribution in [0.25, 0.3) is 11.0 Å². The molecular formula is C18H21N5O. The monoisotopic (exact) mass is 323 g/mol. The van der Waals surface area contributed by atoms with Crippen molar-refractivity contribution in [3.8, 4) is 0 Å². The summed E-state index contributed by atoms with van der Waals surface area (Å²) in [6.45, 7) is 5.03. The quantitative estimate of drug-likeness (QED) is 0.806. The Kier molecular flexibility index (Phi) is 3.59. The molecule has 0 radical (unpaired) electrons. The van der Waals surface area contributed by atoms with Crippen LogP contribution >= 0.6 is 0 Å². The fourth-order valence-electron chi connectivity index (χ4n) is 3.60. The number of fused-ring (bicyclic) bond motifs is 1. The summed E-state index contributed by atoms with van der Waals surface area (Å²) in [5, 5.41) is 5.49. The lowest BCUT2D eigenvalue weighted by atomic mass is 10.1. The highest BCUT2D eigenvalue weighted by atomic mass is 16.2. The van der Waals surface area contributed by atoms with Crippen molar-refractivity contribution in [1.82, 2.24) is 24.6 Å². The van der Waals surface area contributed by atoms with Gasteiger partial charge in [0.1, 0.15) is 12.2 Å². The van der Waals surface area contributed by atoms with Crippen molar-refractivity contribution in [2.24, 2.45) is 0 Å². The van der Waals surface area contributed by atoms with Crippen LogP contribution in [0.2, 0.25) is 0 Å². The Bertz CT molecular complexity index is 861. The third kappa shape index (κ3) is 2.58. The number of aromatic amines is 1. The van der Waals surface area contributed by atoms with Crippen molar-refractivity contribution in [2.75, 3.05) is 6.54 Å². The molecule has 1 aliphatic heterocycles. The number of nitrogens with one attached hydrogen (secondary N) is 1. The van der Waals surface area contributed by atoms with Crippen LogP contribution < -0.4 is 0 Å². The summed E-state index contributed by atoms with van der Waals surface area (Å²) in [7, 11) is 0. The van der Waals surface area contributed by atoms with Crippen molar-refractivity contribution in [3.05, 3.63) is 47.5 Å². The Morgan fingerprint density at radius 1 is 1.38 bits per heavy atom. The molecule has 0 bridgehead atoms. The molecular weight excluding hydrogens is 302 g/mol. The molecule has 0 spiro atoms. The van der Waals surface area contributed by atoms with Crippen molar-refractivity contribution < 1.29 is 4.79 Å². The lowest BCUT2D eigenvalue weighted by Gasteiger charge is -2.24. The molecule has 0 saturated carbocycles. The second-order valence-electron chi connectivity index (χ2n) is 6.50. The molecule has 1 N–H and O–H groups in total. The highest BCUT2D eigenvalue weighted by Gasteiger charge is 2.31. The maximum Gasteiger partial charge on any atom is 0.244 e. The number of hydrogen-bond donors (Lipinski definition) is 1. The van der Waals surface area contributed by atoms with E-state index in [2.05, 4.69) is 21.1 Å². The van der Waals surface area contributed by atoms with E-state index in [1.54, 1.807) is 10.9 Å². The Morgan fingerprint density at radius 3 is 3.00 bits per heavy atom. The molecule has 6 heteroatoms. The number of likely N-dealkylation sites (tertiary alicyclic amines) is 1. The molecule has 1 aliphatic rings. The van der Waals surface area contributed by atoms with E-state index < -0.39 is 0 Å². The molecule has 6 nitrogen and oxygen atoms in total. The second-order valence-corrected chi connectivity index (χ2v) is 6.50. The molecule has 4 heterocycles. The summed E-state index contributed by atoms with van der Waals surface area (Å²) in [5.74, 6) is 0.121. The Balaban J connectivity index is 1.57. The normalized spacial score (nSPS) is 17.8. The standard InChI is InChI=1S/C18H21N5O/c1-12-9-13(2)23(21-12)11-17(24)22-8-4-6-16(22)15-10-14-5-3-7-19-18(14)20-15/h3,5,7,9-10,16H,4,6,8,11H2,1-2H3,(H,19,20)/t16-/m0/s1. The average Bonchev–Trinajstić information content (AvgIpc) is 3.25. The number of nitrogens with zero attached hydrogens (tertiary/aromatic N) is 4. The predicted molar refractivity (Wildman–Crippen MR) is 91.5 cm³/mol. The van der Waals surface area contributed by atoms with E-state index in [1.165, 1.54) is 0 Å². The van der Waals surface area contributed by atoms with E-state index >= 15 is 0 Å². The van der Waals surface area contributed by atoms with Gasteiger partial charge in [-0.2, -0.15) is 5.10 Å². The molecule has 24 heavy (non-hydrogen) atoms. The van der Waals surface area contributed by atoms with E-state index in [0.29, 0.717) is 6.54 Å². The van der Waals surface area contributed by atoms with Gasteiger partial charge in [-0.1, -0.05) is 0 Å². The smallest absolute Gasteiger partial charge is 0.244 e. The van der Waals surface area contributed by atoms with Gasteiger partial charge in [0, 0.05) is 29.5 Å². The van der Waals surface area contributed by atoms with Gasteiger partial charge in [-0.3, -0.25) is 9.48 Å². The van der Waals surface area contributed by atoms with E-state index in [0.717, 1.165) is 47.5 Å². The first-order chi connectivity index (χ1) is 11.6. The fraction of sp³-hybridized carbons (Fsp3) is 0.389. The van der Waals surface area contributed by atoms with E-state index in [9.17, 15) is 4.79 Å². The minimum absolute atomic E-state index is 0.101. The van der Waals surface area contributed by atoms with E-state index in [1.807, 2.05) is 36.9 Å². The summed E-state index contributed by atoms with van der Waals surface area (Å²) in [6, 6.07) is 8.18. The molecule has 1 fully saturated rings. The van der Waals surface area contributed by atoms with Gasteiger partial charge in [0.2, 0.25) is 5.91 Å². The number of hydrogen-bond acceptors (Lipinski definition) is 3. The fourth-order valence-corrected chi connectivity index (χ4v) is 3.60. The van der Waals surface area contributed by atoms with Crippen LogP contribution in [-0.4, -0.2) is 37.1 Å². The van der Waals surface area contributed by atoms with Gasteiger partial charge in [0.25, 0.3) is 0 Å². The Hall–Kier alpha value is -2.63. The SMILES string of the molecule is Cc1cc(C)n(CC(=O)N2CCC[C@H]2c2cc3cccnc3[nH]2)n1.